The molecule has 2 heterocycles. The lowest BCUT2D eigenvalue weighted by Crippen LogP contribution is -2.11. The predicted molar refractivity (Wildman–Crippen MR) is 83.6 cm³/mol. The molecule has 0 bridgehead atoms. The fourth-order valence-corrected chi connectivity index (χ4v) is 2.94. The number of nitrogens with zero attached hydrogens (tertiary/aromatic N) is 3. The Morgan fingerprint density at radius 2 is 2.10 bits per heavy atom. The summed E-state index contributed by atoms with van der Waals surface area (Å²) in [4.78, 5) is 9.20. The SMILES string of the molecule is CCCC(CCN)CCc1nc2cccnc2n1CC. The van der Waals surface area contributed by atoms with E-state index in [0.29, 0.717) is 0 Å². The van der Waals surface area contributed by atoms with Crippen LogP contribution < -0.4 is 5.73 Å². The van der Waals surface area contributed by atoms with Crippen LogP contribution in [0.25, 0.3) is 11.2 Å². The third kappa shape index (κ3) is 3.37. The van der Waals surface area contributed by atoms with Gasteiger partial charge in [-0.05, 0) is 44.4 Å². The lowest BCUT2D eigenvalue weighted by molar-refractivity contribution is 0.415. The monoisotopic (exact) mass is 274 g/mol. The van der Waals surface area contributed by atoms with Crippen LogP contribution in [0.15, 0.2) is 18.3 Å². The van der Waals surface area contributed by atoms with Gasteiger partial charge < -0.3 is 10.3 Å². The Balaban J connectivity index is 2.12. The van der Waals surface area contributed by atoms with E-state index in [1.807, 2.05) is 18.3 Å². The van der Waals surface area contributed by atoms with E-state index in [9.17, 15) is 0 Å². The number of rotatable bonds is 8. The molecular weight excluding hydrogens is 248 g/mol. The van der Waals surface area contributed by atoms with Crippen molar-refractivity contribution in [3.63, 3.8) is 0 Å². The number of pyridine rings is 1. The molecule has 2 aromatic heterocycles. The van der Waals surface area contributed by atoms with Crippen LogP contribution in [-0.2, 0) is 13.0 Å². The minimum Gasteiger partial charge on any atom is -0.330 e. The van der Waals surface area contributed by atoms with E-state index < -0.39 is 0 Å². The van der Waals surface area contributed by atoms with E-state index in [4.69, 9.17) is 10.7 Å². The molecule has 0 amide bonds. The second-order valence-electron chi connectivity index (χ2n) is 5.39. The van der Waals surface area contributed by atoms with Crippen molar-refractivity contribution in [2.75, 3.05) is 6.54 Å². The number of hydrogen-bond acceptors (Lipinski definition) is 3. The summed E-state index contributed by atoms with van der Waals surface area (Å²) in [7, 11) is 0. The molecule has 2 aromatic rings. The van der Waals surface area contributed by atoms with Gasteiger partial charge in [-0.15, -0.1) is 0 Å². The Morgan fingerprint density at radius 3 is 2.80 bits per heavy atom. The van der Waals surface area contributed by atoms with Crippen molar-refractivity contribution in [2.24, 2.45) is 11.7 Å². The fraction of sp³-hybridized carbons (Fsp3) is 0.625. The highest BCUT2D eigenvalue weighted by atomic mass is 15.1. The Morgan fingerprint density at radius 1 is 1.25 bits per heavy atom. The highest BCUT2D eigenvalue weighted by Gasteiger charge is 2.13. The fourth-order valence-electron chi connectivity index (χ4n) is 2.94. The molecule has 0 radical (unpaired) electrons. The molecular formula is C16H26N4. The van der Waals surface area contributed by atoms with Gasteiger partial charge in [0.05, 0.1) is 0 Å². The number of hydrogen-bond donors (Lipinski definition) is 1. The average molecular weight is 274 g/mol. The smallest absolute Gasteiger partial charge is 0.159 e. The van der Waals surface area contributed by atoms with Gasteiger partial charge in [0.25, 0.3) is 0 Å². The molecule has 110 valence electrons. The largest absolute Gasteiger partial charge is 0.330 e. The summed E-state index contributed by atoms with van der Waals surface area (Å²) in [5.41, 5.74) is 7.73. The standard InChI is InChI=1S/C16H26N4/c1-3-6-13(10-11-17)8-9-15-19-14-7-5-12-18-16(14)20(15)4-2/h5,7,12-13H,3-4,6,8-11,17H2,1-2H3. The molecule has 0 saturated carbocycles. The summed E-state index contributed by atoms with van der Waals surface area (Å²) in [6, 6.07) is 3.99. The van der Waals surface area contributed by atoms with E-state index in [2.05, 4.69) is 23.4 Å². The summed E-state index contributed by atoms with van der Waals surface area (Å²) >= 11 is 0. The van der Waals surface area contributed by atoms with Gasteiger partial charge in [-0.3, -0.25) is 0 Å². The van der Waals surface area contributed by atoms with Gasteiger partial charge in [-0.25, -0.2) is 9.97 Å². The van der Waals surface area contributed by atoms with Crippen molar-refractivity contribution in [1.82, 2.24) is 14.5 Å². The summed E-state index contributed by atoms with van der Waals surface area (Å²) in [6.07, 6.45) is 7.66. The number of aryl methyl sites for hydroxylation is 2. The first-order valence-corrected chi connectivity index (χ1v) is 7.80. The molecule has 0 saturated heterocycles. The van der Waals surface area contributed by atoms with E-state index in [1.54, 1.807) is 0 Å². The highest BCUT2D eigenvalue weighted by molar-refractivity contribution is 5.71. The average Bonchev–Trinajstić information content (AvgIpc) is 2.82. The molecule has 0 aliphatic carbocycles. The number of fused-ring (bicyclic) bond motifs is 1. The first kappa shape index (κ1) is 15.0. The number of nitrogens with two attached hydrogens (primary N) is 1. The van der Waals surface area contributed by atoms with Gasteiger partial charge in [-0.1, -0.05) is 19.8 Å². The molecule has 0 fully saturated rings. The van der Waals surface area contributed by atoms with Crippen LogP contribution in [0.4, 0.5) is 0 Å². The van der Waals surface area contributed by atoms with Gasteiger partial charge in [0, 0.05) is 19.2 Å². The van der Waals surface area contributed by atoms with Crippen LogP contribution in [0.1, 0.15) is 45.4 Å². The molecule has 2 N–H and O–H groups in total. The van der Waals surface area contributed by atoms with Gasteiger partial charge in [0.15, 0.2) is 5.65 Å². The lowest BCUT2D eigenvalue weighted by Gasteiger charge is -2.15. The van der Waals surface area contributed by atoms with Gasteiger partial charge in [-0.2, -0.15) is 0 Å². The molecule has 4 nitrogen and oxygen atoms in total. The first-order chi connectivity index (χ1) is 9.80. The summed E-state index contributed by atoms with van der Waals surface area (Å²) < 4.78 is 2.24. The van der Waals surface area contributed by atoms with Gasteiger partial charge in [0.2, 0.25) is 0 Å². The number of imidazole rings is 1. The van der Waals surface area contributed by atoms with Crippen LogP contribution in [-0.4, -0.2) is 21.1 Å². The Labute approximate surface area is 121 Å². The summed E-state index contributed by atoms with van der Waals surface area (Å²) in [5.74, 6) is 1.89. The van der Waals surface area contributed by atoms with Crippen LogP contribution in [0.2, 0.25) is 0 Å². The zero-order valence-corrected chi connectivity index (χ0v) is 12.7. The quantitative estimate of drug-likeness (QED) is 0.804. The van der Waals surface area contributed by atoms with Crippen LogP contribution in [0, 0.1) is 5.92 Å². The lowest BCUT2D eigenvalue weighted by atomic mass is 9.94. The van der Waals surface area contributed by atoms with Crippen LogP contribution in [0.5, 0.6) is 0 Å². The normalized spacial score (nSPS) is 12.9. The Kier molecular flexibility index (Phi) is 5.53. The van der Waals surface area contributed by atoms with Crippen LogP contribution in [0.3, 0.4) is 0 Å². The zero-order valence-electron chi connectivity index (χ0n) is 12.7. The molecule has 0 aliphatic rings. The molecule has 0 aromatic carbocycles. The molecule has 4 heteroatoms. The Bertz CT molecular complexity index is 526. The molecule has 0 aliphatic heterocycles. The van der Waals surface area contributed by atoms with E-state index >= 15 is 0 Å². The molecule has 20 heavy (non-hydrogen) atoms. The topological polar surface area (TPSA) is 56.7 Å². The maximum atomic E-state index is 5.72. The second-order valence-corrected chi connectivity index (χ2v) is 5.39. The molecule has 1 unspecified atom stereocenters. The maximum Gasteiger partial charge on any atom is 0.159 e. The van der Waals surface area contributed by atoms with Crippen molar-refractivity contribution >= 4 is 11.2 Å². The van der Waals surface area contributed by atoms with Crippen molar-refractivity contribution in [2.45, 2.75) is 52.5 Å². The minimum absolute atomic E-state index is 0.725. The third-order valence-corrected chi connectivity index (χ3v) is 3.95. The summed E-state index contributed by atoms with van der Waals surface area (Å²) in [6.45, 7) is 6.12. The Hall–Kier alpha value is -1.42. The molecule has 0 spiro atoms. The van der Waals surface area contributed by atoms with Gasteiger partial charge in [0.1, 0.15) is 11.3 Å². The predicted octanol–water partition coefficient (Wildman–Crippen LogP) is 3.15. The van der Waals surface area contributed by atoms with Crippen molar-refractivity contribution in [3.05, 3.63) is 24.2 Å². The minimum atomic E-state index is 0.725. The maximum absolute atomic E-state index is 5.72. The second kappa shape index (κ2) is 7.39. The van der Waals surface area contributed by atoms with E-state index in [1.165, 1.54) is 25.1 Å². The molecule has 2 rings (SSSR count). The van der Waals surface area contributed by atoms with E-state index in [-0.39, 0.29) is 0 Å². The third-order valence-electron chi connectivity index (χ3n) is 3.95. The zero-order chi connectivity index (χ0) is 14.4. The van der Waals surface area contributed by atoms with E-state index in [0.717, 1.165) is 43.0 Å². The first-order valence-electron chi connectivity index (χ1n) is 7.80. The van der Waals surface area contributed by atoms with Crippen LogP contribution >= 0.6 is 0 Å². The molecule has 1 atom stereocenters. The van der Waals surface area contributed by atoms with Crippen molar-refractivity contribution in [3.8, 4) is 0 Å². The highest BCUT2D eigenvalue weighted by Crippen LogP contribution is 2.20. The van der Waals surface area contributed by atoms with Crippen molar-refractivity contribution < 1.29 is 0 Å². The van der Waals surface area contributed by atoms with Gasteiger partial charge >= 0.3 is 0 Å². The summed E-state index contributed by atoms with van der Waals surface area (Å²) in [5, 5.41) is 0. The van der Waals surface area contributed by atoms with Crippen molar-refractivity contribution in [1.29, 1.82) is 0 Å². The number of aromatic nitrogens is 3.